The van der Waals surface area contributed by atoms with Gasteiger partial charge in [-0.05, 0) is 24.5 Å². The van der Waals surface area contributed by atoms with Gasteiger partial charge in [0.05, 0.1) is 6.61 Å². The highest BCUT2D eigenvalue weighted by atomic mass is 19.1. The Bertz CT molecular complexity index is 470. The number of hydrogen-bond acceptors (Lipinski definition) is 3. The fourth-order valence-electron chi connectivity index (χ4n) is 2.22. The number of benzene rings is 1. The summed E-state index contributed by atoms with van der Waals surface area (Å²) in [5.41, 5.74) is 1.75. The molecule has 1 saturated heterocycles. The maximum absolute atomic E-state index is 13.8. The highest BCUT2D eigenvalue weighted by Gasteiger charge is 2.24. The second-order valence-corrected chi connectivity index (χ2v) is 4.58. The number of halogens is 1. The summed E-state index contributed by atoms with van der Waals surface area (Å²) in [4.78, 5) is 13.4. The first-order chi connectivity index (χ1) is 9.20. The van der Waals surface area contributed by atoms with Gasteiger partial charge >= 0.3 is 5.97 Å². The van der Waals surface area contributed by atoms with Crippen LogP contribution in [0.15, 0.2) is 41.7 Å². The minimum Gasteiger partial charge on any atom is -0.461 e. The summed E-state index contributed by atoms with van der Waals surface area (Å²) >= 11 is 0. The maximum Gasteiger partial charge on any atom is 0.367 e. The van der Waals surface area contributed by atoms with Crippen LogP contribution < -0.4 is 0 Å². The van der Waals surface area contributed by atoms with Crippen molar-refractivity contribution in [2.75, 3.05) is 19.7 Å². The number of rotatable bonds is 4. The lowest BCUT2D eigenvalue weighted by Gasteiger charge is -2.14. The molecule has 0 aliphatic carbocycles. The minimum absolute atomic E-state index is 0.202. The van der Waals surface area contributed by atoms with Gasteiger partial charge in [-0.1, -0.05) is 30.3 Å². The van der Waals surface area contributed by atoms with E-state index in [4.69, 9.17) is 0 Å². The van der Waals surface area contributed by atoms with Crippen molar-refractivity contribution in [3.8, 4) is 0 Å². The third-order valence-corrected chi connectivity index (χ3v) is 3.16. The largest absolute Gasteiger partial charge is 0.461 e. The third-order valence-electron chi connectivity index (χ3n) is 3.16. The first-order valence-electron chi connectivity index (χ1n) is 6.51. The molecule has 4 heteroatoms. The van der Waals surface area contributed by atoms with Gasteiger partial charge in [0, 0.05) is 19.6 Å². The van der Waals surface area contributed by atoms with Crippen LogP contribution >= 0.6 is 0 Å². The molecule has 0 spiro atoms. The fourth-order valence-corrected chi connectivity index (χ4v) is 2.22. The van der Waals surface area contributed by atoms with Crippen LogP contribution in [-0.2, 0) is 16.1 Å². The number of likely N-dealkylation sites (tertiary alicyclic amines) is 1. The van der Waals surface area contributed by atoms with E-state index in [2.05, 4.69) is 9.64 Å². The number of nitrogens with zero attached hydrogens (tertiary/aromatic N) is 1. The van der Waals surface area contributed by atoms with E-state index in [1.807, 2.05) is 30.3 Å². The molecule has 1 fully saturated rings. The molecule has 0 amide bonds. The van der Waals surface area contributed by atoms with E-state index in [0.29, 0.717) is 18.5 Å². The highest BCUT2D eigenvalue weighted by Crippen LogP contribution is 2.22. The SMILES string of the molecule is CCOC(=O)C(F)=C1CCN(Cc2ccccc2)C1. The van der Waals surface area contributed by atoms with E-state index in [9.17, 15) is 9.18 Å². The van der Waals surface area contributed by atoms with Crippen molar-refractivity contribution in [3.63, 3.8) is 0 Å². The summed E-state index contributed by atoms with van der Waals surface area (Å²) in [6, 6.07) is 10.0. The van der Waals surface area contributed by atoms with Crippen molar-refractivity contribution < 1.29 is 13.9 Å². The molecule has 0 unspecified atom stereocenters. The van der Waals surface area contributed by atoms with Gasteiger partial charge in [-0.2, -0.15) is 4.39 Å². The number of carbonyl (C=O) groups excluding carboxylic acids is 1. The molecule has 1 aromatic carbocycles. The normalized spacial score (nSPS) is 18.4. The zero-order valence-corrected chi connectivity index (χ0v) is 11.1. The van der Waals surface area contributed by atoms with Gasteiger partial charge in [-0.25, -0.2) is 4.79 Å². The van der Waals surface area contributed by atoms with Crippen molar-refractivity contribution in [2.45, 2.75) is 19.9 Å². The molecular formula is C15H18FNO2. The zero-order valence-electron chi connectivity index (χ0n) is 11.1. The third kappa shape index (κ3) is 3.64. The van der Waals surface area contributed by atoms with Gasteiger partial charge in [-0.15, -0.1) is 0 Å². The number of ether oxygens (including phenoxy) is 1. The predicted molar refractivity (Wildman–Crippen MR) is 71.1 cm³/mol. The van der Waals surface area contributed by atoms with E-state index in [-0.39, 0.29) is 6.61 Å². The van der Waals surface area contributed by atoms with E-state index in [1.165, 1.54) is 5.56 Å². The topological polar surface area (TPSA) is 29.5 Å². The Labute approximate surface area is 112 Å². The monoisotopic (exact) mass is 263 g/mol. The molecule has 0 bridgehead atoms. The molecule has 1 aliphatic heterocycles. The molecule has 1 aromatic rings. The Morgan fingerprint density at radius 2 is 2.11 bits per heavy atom. The predicted octanol–water partition coefficient (Wildman–Crippen LogP) is 2.68. The Morgan fingerprint density at radius 3 is 2.79 bits per heavy atom. The molecule has 0 radical (unpaired) electrons. The minimum atomic E-state index is -0.834. The average Bonchev–Trinajstić information content (AvgIpc) is 2.88. The molecule has 1 aliphatic rings. The van der Waals surface area contributed by atoms with Crippen molar-refractivity contribution >= 4 is 5.97 Å². The van der Waals surface area contributed by atoms with Crippen molar-refractivity contribution in [2.24, 2.45) is 0 Å². The number of esters is 1. The second-order valence-electron chi connectivity index (χ2n) is 4.58. The fraction of sp³-hybridized carbons (Fsp3) is 0.400. The standard InChI is InChI=1S/C15H18FNO2/c1-2-19-15(18)14(16)13-8-9-17(11-13)10-12-6-4-3-5-7-12/h3-7H,2,8-11H2,1H3. The van der Waals surface area contributed by atoms with E-state index in [0.717, 1.165) is 13.1 Å². The van der Waals surface area contributed by atoms with Gasteiger partial charge in [0.2, 0.25) is 5.83 Å². The molecule has 0 N–H and O–H groups in total. The Balaban J connectivity index is 1.96. The van der Waals surface area contributed by atoms with Gasteiger partial charge in [0.25, 0.3) is 0 Å². The first kappa shape index (κ1) is 13.7. The second kappa shape index (κ2) is 6.48. The molecule has 1 heterocycles. The first-order valence-corrected chi connectivity index (χ1v) is 6.51. The Morgan fingerprint density at radius 1 is 1.37 bits per heavy atom. The van der Waals surface area contributed by atoms with Gasteiger partial charge in [0.15, 0.2) is 0 Å². The van der Waals surface area contributed by atoms with Crippen LogP contribution in [0.5, 0.6) is 0 Å². The lowest BCUT2D eigenvalue weighted by molar-refractivity contribution is -0.140. The Kier molecular flexibility index (Phi) is 4.68. The molecule has 0 atom stereocenters. The Hall–Kier alpha value is -1.68. The van der Waals surface area contributed by atoms with Crippen LogP contribution in [0.2, 0.25) is 0 Å². The molecule has 3 nitrogen and oxygen atoms in total. The smallest absolute Gasteiger partial charge is 0.367 e. The molecular weight excluding hydrogens is 245 g/mol. The van der Waals surface area contributed by atoms with Crippen LogP contribution in [0.3, 0.4) is 0 Å². The molecule has 0 aromatic heterocycles. The van der Waals surface area contributed by atoms with Gasteiger partial charge < -0.3 is 4.74 Å². The van der Waals surface area contributed by atoms with E-state index >= 15 is 0 Å². The lowest BCUT2D eigenvalue weighted by atomic mass is 10.2. The maximum atomic E-state index is 13.8. The van der Waals surface area contributed by atoms with Crippen LogP contribution in [0.1, 0.15) is 18.9 Å². The van der Waals surface area contributed by atoms with Crippen molar-refractivity contribution in [3.05, 3.63) is 47.3 Å². The van der Waals surface area contributed by atoms with Gasteiger partial charge in [-0.3, -0.25) is 4.90 Å². The van der Waals surface area contributed by atoms with Crippen molar-refractivity contribution in [1.82, 2.24) is 4.90 Å². The molecule has 19 heavy (non-hydrogen) atoms. The van der Waals surface area contributed by atoms with Crippen molar-refractivity contribution in [1.29, 1.82) is 0 Å². The van der Waals surface area contributed by atoms with Gasteiger partial charge in [0.1, 0.15) is 0 Å². The van der Waals surface area contributed by atoms with Crippen LogP contribution in [0.4, 0.5) is 4.39 Å². The summed E-state index contributed by atoms with van der Waals surface area (Å²) in [7, 11) is 0. The van der Waals surface area contributed by atoms with Crippen LogP contribution in [0.25, 0.3) is 0 Å². The van der Waals surface area contributed by atoms with E-state index < -0.39 is 11.8 Å². The summed E-state index contributed by atoms with van der Waals surface area (Å²) in [6.07, 6.45) is 0.595. The van der Waals surface area contributed by atoms with E-state index in [1.54, 1.807) is 6.92 Å². The summed E-state index contributed by atoms with van der Waals surface area (Å²) in [5.74, 6) is -1.54. The van der Waals surface area contributed by atoms with Crippen LogP contribution in [0, 0.1) is 0 Å². The zero-order chi connectivity index (χ0) is 13.7. The number of hydrogen-bond donors (Lipinski definition) is 0. The quantitative estimate of drug-likeness (QED) is 0.618. The molecule has 102 valence electrons. The number of carbonyl (C=O) groups is 1. The summed E-state index contributed by atoms with van der Waals surface area (Å²) in [5, 5.41) is 0. The summed E-state index contributed by atoms with van der Waals surface area (Å²) < 4.78 is 18.5. The summed E-state index contributed by atoms with van der Waals surface area (Å²) in [6.45, 7) is 3.93. The van der Waals surface area contributed by atoms with Crippen LogP contribution in [-0.4, -0.2) is 30.6 Å². The molecule has 0 saturated carbocycles. The lowest BCUT2D eigenvalue weighted by Crippen LogP contribution is -2.19. The average molecular weight is 263 g/mol. The molecule has 2 rings (SSSR count). The highest BCUT2D eigenvalue weighted by molar-refractivity contribution is 5.87.